The summed E-state index contributed by atoms with van der Waals surface area (Å²) in [5.74, 6) is -1.59. The summed E-state index contributed by atoms with van der Waals surface area (Å²) >= 11 is 0. The highest BCUT2D eigenvalue weighted by Gasteiger charge is 2.62. The van der Waals surface area contributed by atoms with E-state index in [2.05, 4.69) is 16.2 Å². The van der Waals surface area contributed by atoms with Crippen LogP contribution in [0.3, 0.4) is 0 Å². The van der Waals surface area contributed by atoms with Crippen molar-refractivity contribution in [2.24, 2.45) is 28.6 Å². The molecule has 0 unspecified atom stereocenters. The first-order valence-electron chi connectivity index (χ1n) is 23.7. The van der Waals surface area contributed by atoms with Crippen LogP contribution in [0.4, 0.5) is 0 Å². The zero-order valence-electron chi connectivity index (χ0n) is 37.8. The summed E-state index contributed by atoms with van der Waals surface area (Å²) in [6.07, 6.45) is 11.6. The number of sulfonamides is 1. The Bertz CT molecular complexity index is 2190. The van der Waals surface area contributed by atoms with Crippen LogP contribution in [-0.2, 0) is 40.4 Å². The summed E-state index contributed by atoms with van der Waals surface area (Å²) in [5, 5.41) is 0.911. The van der Waals surface area contributed by atoms with E-state index in [0.29, 0.717) is 37.7 Å². The van der Waals surface area contributed by atoms with Crippen molar-refractivity contribution in [1.82, 2.24) is 19.5 Å². The Morgan fingerprint density at radius 2 is 1.78 bits per heavy atom. The molecule has 344 valence electrons. The number of carbonyl (C=O) groups is 4. The van der Waals surface area contributed by atoms with Crippen molar-refractivity contribution in [3.05, 3.63) is 42.5 Å². The molecule has 6 aliphatic rings. The fourth-order valence-corrected chi connectivity index (χ4v) is 11.6. The van der Waals surface area contributed by atoms with Crippen LogP contribution >= 0.6 is 0 Å². The van der Waals surface area contributed by atoms with E-state index in [1.54, 1.807) is 13.0 Å². The Balaban J connectivity index is 1.11. The van der Waals surface area contributed by atoms with Gasteiger partial charge in [0.1, 0.15) is 18.0 Å². The molecule has 13 nitrogen and oxygen atoms in total. The number of nitrogens with zero attached hydrogens (tertiary/aromatic N) is 3. The average molecular weight is 889 g/mol. The molecule has 0 spiro atoms. The minimum absolute atomic E-state index is 0.0539. The molecule has 3 aliphatic heterocycles. The Kier molecular flexibility index (Phi) is 13.1. The maximum atomic E-state index is 15.0. The van der Waals surface area contributed by atoms with Gasteiger partial charge in [0, 0.05) is 24.8 Å². The summed E-state index contributed by atoms with van der Waals surface area (Å²) in [7, 11) is -3.96. The second kappa shape index (κ2) is 18.1. The number of amides is 2. The lowest BCUT2D eigenvalue weighted by molar-refractivity contribution is -0.154. The van der Waals surface area contributed by atoms with E-state index in [9.17, 15) is 27.6 Å². The molecule has 2 bridgehead atoms. The zero-order valence-corrected chi connectivity index (χ0v) is 38.6. The van der Waals surface area contributed by atoms with Crippen LogP contribution in [0.25, 0.3) is 10.9 Å². The van der Waals surface area contributed by atoms with Gasteiger partial charge < -0.3 is 24.0 Å². The van der Waals surface area contributed by atoms with Gasteiger partial charge in [0.25, 0.3) is 0 Å². The van der Waals surface area contributed by atoms with Crippen molar-refractivity contribution in [3.63, 3.8) is 0 Å². The molecule has 5 fully saturated rings. The standard InChI is InChI=1S/C49H68N4O9S/c1-6-33-29-49(33,46(57)51-63(58,59)48(5)20-21-48)30-40(54)39-27-34-31-53(39)45(56)37(47(2,3)4)28-42(55)62-41-26-32(41)16-9-7-10-18-36-43(60-25-15-24-52-22-13-8-14-23-52)35-17-11-12-19-38(35)50-44(36)61-34/h6,11-12,17,19,32-34,37,39,41H,1,7-10,13-16,18,20-31H2,2-5H3,(H,51,57)/t32-,33-,34-,37-,39+,41-,49-/m1/s1. The number of esters is 1. The summed E-state index contributed by atoms with van der Waals surface area (Å²) in [4.78, 5) is 66.3. The van der Waals surface area contributed by atoms with Crippen molar-refractivity contribution in [2.45, 2.75) is 153 Å². The summed E-state index contributed by atoms with van der Waals surface area (Å²) < 4.78 is 47.3. The number of ether oxygens (including phenoxy) is 3. The van der Waals surface area contributed by atoms with Crippen molar-refractivity contribution in [3.8, 4) is 11.6 Å². The zero-order chi connectivity index (χ0) is 44.7. The SMILES string of the molecule is C=C[C@@H]1C[C@]1(CC(=O)[C@@H]1C[C@@H]2CN1C(=O)[C@H](C(C)(C)C)CC(=O)O[C@@H]1C[C@H]1CCCCCc1c(nc3ccccc3c1OCCCN1CCCCC1)O2)C(=O)NS(=O)(=O)C1(C)CC1. The third kappa shape index (κ3) is 9.96. The number of para-hydroxylation sites is 1. The van der Waals surface area contributed by atoms with Crippen LogP contribution in [0, 0.1) is 28.6 Å². The number of ketones is 1. The molecule has 2 saturated heterocycles. The van der Waals surface area contributed by atoms with Crippen molar-refractivity contribution < 1.29 is 41.8 Å². The van der Waals surface area contributed by atoms with E-state index in [0.717, 1.165) is 80.4 Å². The normalized spacial score (nSPS) is 30.1. The number of rotatable bonds is 12. The first-order valence-corrected chi connectivity index (χ1v) is 25.2. The van der Waals surface area contributed by atoms with Crippen molar-refractivity contribution >= 4 is 44.5 Å². The van der Waals surface area contributed by atoms with E-state index in [1.807, 2.05) is 45.0 Å². The third-order valence-electron chi connectivity index (χ3n) is 15.0. The fourth-order valence-electron chi connectivity index (χ4n) is 10.2. The number of pyridine rings is 1. The van der Waals surface area contributed by atoms with Gasteiger partial charge in [0.05, 0.1) is 52.8 Å². The van der Waals surface area contributed by atoms with E-state index in [4.69, 9.17) is 19.2 Å². The number of piperidine rings is 1. The van der Waals surface area contributed by atoms with Crippen LogP contribution < -0.4 is 14.2 Å². The third-order valence-corrected chi connectivity index (χ3v) is 17.1. The van der Waals surface area contributed by atoms with Gasteiger partial charge in [-0.25, -0.2) is 13.4 Å². The summed E-state index contributed by atoms with van der Waals surface area (Å²) in [6.45, 7) is 15.0. The van der Waals surface area contributed by atoms with Gasteiger partial charge in [-0.1, -0.05) is 58.2 Å². The quantitative estimate of drug-likeness (QED) is 0.132. The first kappa shape index (κ1) is 45.5. The topological polar surface area (TPSA) is 162 Å². The summed E-state index contributed by atoms with van der Waals surface area (Å²) in [6, 6.07) is 6.91. The molecule has 3 saturated carbocycles. The van der Waals surface area contributed by atoms with Crippen LogP contribution in [0.15, 0.2) is 36.9 Å². The number of benzene rings is 1. The second-order valence-corrected chi connectivity index (χ2v) is 23.0. The molecule has 2 aromatic rings. The van der Waals surface area contributed by atoms with E-state index < -0.39 is 61.5 Å². The molecular formula is C49H68N4O9S. The number of fused-ring (bicyclic) bond motifs is 5. The molecule has 1 aromatic heterocycles. The molecule has 0 radical (unpaired) electrons. The molecule has 1 N–H and O–H groups in total. The van der Waals surface area contributed by atoms with Gasteiger partial charge >= 0.3 is 5.97 Å². The molecule has 7 atom stereocenters. The molecule has 4 heterocycles. The van der Waals surface area contributed by atoms with Gasteiger partial charge in [-0.15, -0.1) is 6.58 Å². The molecule has 3 aliphatic carbocycles. The number of aromatic nitrogens is 1. The highest BCUT2D eigenvalue weighted by atomic mass is 32.2. The highest BCUT2D eigenvalue weighted by Crippen LogP contribution is 2.57. The van der Waals surface area contributed by atoms with E-state index in [1.165, 1.54) is 24.2 Å². The lowest BCUT2D eigenvalue weighted by atomic mass is 9.77. The minimum atomic E-state index is -3.96. The number of hydrogen-bond acceptors (Lipinski definition) is 11. The Morgan fingerprint density at radius 3 is 2.49 bits per heavy atom. The molecule has 14 heteroatoms. The molecule has 1 aromatic carbocycles. The number of likely N-dealkylation sites (tertiary alicyclic amines) is 1. The first-order chi connectivity index (χ1) is 30.0. The van der Waals surface area contributed by atoms with Crippen LogP contribution in [0.5, 0.6) is 11.6 Å². The number of hydrogen-bond donors (Lipinski definition) is 1. The number of Topliss-reactive ketones (excluding diaryl/α,β-unsaturated/α-hetero) is 1. The minimum Gasteiger partial charge on any atom is -0.492 e. The van der Waals surface area contributed by atoms with E-state index >= 15 is 0 Å². The lowest BCUT2D eigenvalue weighted by Gasteiger charge is -2.34. The Hall–Kier alpha value is -4.04. The molecule has 8 rings (SSSR count). The second-order valence-electron chi connectivity index (χ2n) is 20.8. The van der Waals surface area contributed by atoms with Gasteiger partial charge in [-0.3, -0.25) is 23.9 Å². The van der Waals surface area contributed by atoms with E-state index in [-0.39, 0.29) is 50.0 Å². The van der Waals surface area contributed by atoms with Gasteiger partial charge in [-0.2, -0.15) is 0 Å². The highest BCUT2D eigenvalue weighted by molar-refractivity contribution is 7.91. The molecule has 2 amide bonds. The van der Waals surface area contributed by atoms with Crippen molar-refractivity contribution in [1.29, 1.82) is 0 Å². The van der Waals surface area contributed by atoms with Gasteiger partial charge in [0.2, 0.25) is 27.7 Å². The van der Waals surface area contributed by atoms with Gasteiger partial charge in [0.15, 0.2) is 5.78 Å². The van der Waals surface area contributed by atoms with Crippen LogP contribution in [-0.4, -0.2) is 103 Å². The van der Waals surface area contributed by atoms with Crippen molar-refractivity contribution in [2.75, 3.05) is 32.8 Å². The largest absolute Gasteiger partial charge is 0.492 e. The number of carbonyl (C=O) groups excluding carboxylic acids is 4. The monoisotopic (exact) mass is 888 g/mol. The Morgan fingerprint density at radius 1 is 1.03 bits per heavy atom. The Labute approximate surface area is 373 Å². The maximum Gasteiger partial charge on any atom is 0.306 e. The number of nitrogens with one attached hydrogen (secondary N) is 1. The predicted octanol–water partition coefficient (Wildman–Crippen LogP) is 7.09. The van der Waals surface area contributed by atoms with Crippen LogP contribution in [0.1, 0.15) is 130 Å². The lowest BCUT2D eigenvalue weighted by Crippen LogP contribution is -2.49. The van der Waals surface area contributed by atoms with Crippen LogP contribution in [0.2, 0.25) is 0 Å². The maximum absolute atomic E-state index is 15.0. The predicted molar refractivity (Wildman–Crippen MR) is 239 cm³/mol. The average Bonchev–Trinajstić information content (AvgIpc) is 4.21. The summed E-state index contributed by atoms with van der Waals surface area (Å²) in [5.41, 5.74) is -0.378. The van der Waals surface area contributed by atoms with Gasteiger partial charge in [-0.05, 0) is 114 Å². The molecular weight excluding hydrogens is 821 g/mol. The number of allylic oxidation sites excluding steroid dienone is 1. The molecule has 63 heavy (non-hydrogen) atoms. The fraction of sp³-hybridized carbons (Fsp3) is 0.694. The smallest absolute Gasteiger partial charge is 0.306 e.